The van der Waals surface area contributed by atoms with Crippen LogP contribution >= 0.6 is 0 Å². The van der Waals surface area contributed by atoms with Crippen molar-refractivity contribution in [2.75, 3.05) is 4.90 Å². The molecule has 0 spiro atoms. The number of para-hydroxylation sites is 1. The van der Waals surface area contributed by atoms with Crippen molar-refractivity contribution in [2.24, 2.45) is 0 Å². The van der Waals surface area contributed by atoms with E-state index in [1.807, 2.05) is 18.2 Å². The number of hydrogen-bond acceptors (Lipinski definition) is 2. The van der Waals surface area contributed by atoms with Gasteiger partial charge < -0.3 is 9.32 Å². The zero-order chi connectivity index (χ0) is 35.8. The first kappa shape index (κ1) is 31.6. The second-order valence-electron chi connectivity index (χ2n) is 13.8. The second-order valence-corrected chi connectivity index (χ2v) is 13.8. The third kappa shape index (κ3) is 5.81. The molecule has 1 heterocycles. The van der Waals surface area contributed by atoms with Crippen LogP contribution in [0.15, 0.2) is 217 Å². The number of hydrogen-bond donors (Lipinski definition) is 0. The van der Waals surface area contributed by atoms with E-state index in [2.05, 4.69) is 199 Å². The molecule has 0 fully saturated rings. The Morgan fingerprint density at radius 3 is 1.67 bits per heavy atom. The lowest BCUT2D eigenvalue weighted by atomic mass is 9.97. The van der Waals surface area contributed by atoms with Gasteiger partial charge in [0.05, 0.1) is 0 Å². The lowest BCUT2D eigenvalue weighted by Gasteiger charge is -2.26. The van der Waals surface area contributed by atoms with Crippen LogP contribution in [0.5, 0.6) is 0 Å². The number of nitrogens with zero attached hydrogens (tertiary/aromatic N) is 1. The first-order valence-electron chi connectivity index (χ1n) is 18.4. The highest BCUT2D eigenvalue weighted by Crippen LogP contribution is 2.40. The van der Waals surface area contributed by atoms with E-state index < -0.39 is 0 Å². The molecule has 0 amide bonds. The van der Waals surface area contributed by atoms with Crippen LogP contribution in [0, 0.1) is 0 Å². The number of rotatable bonds is 7. The standard InChI is InChI=1S/C52H35NO/c1-2-11-36(12-3-1)40-15-10-16-46(34-40)53(44-28-23-37(24-29-44)41-27-32-49-42(33-41)22-21-38-13-4-6-17-47(38)49)45-30-25-39(26-31-45)48-18-7-8-19-50(48)52-35-43-14-5-9-20-51(43)54-52/h1-35H. The molecule has 9 aromatic carbocycles. The van der Waals surface area contributed by atoms with Gasteiger partial charge in [-0.05, 0) is 110 Å². The summed E-state index contributed by atoms with van der Waals surface area (Å²) in [4.78, 5) is 2.34. The maximum atomic E-state index is 6.31. The molecule has 0 aliphatic carbocycles. The summed E-state index contributed by atoms with van der Waals surface area (Å²) in [5.41, 5.74) is 12.3. The molecule has 0 saturated carbocycles. The summed E-state index contributed by atoms with van der Waals surface area (Å²) in [6.45, 7) is 0. The Bertz CT molecular complexity index is 2890. The van der Waals surface area contributed by atoms with Gasteiger partial charge in [-0.25, -0.2) is 0 Å². The van der Waals surface area contributed by atoms with Crippen LogP contribution in [0.4, 0.5) is 17.1 Å². The van der Waals surface area contributed by atoms with Gasteiger partial charge >= 0.3 is 0 Å². The molecule has 254 valence electrons. The van der Waals surface area contributed by atoms with Crippen LogP contribution in [0.25, 0.3) is 77.2 Å². The highest BCUT2D eigenvalue weighted by molar-refractivity contribution is 6.08. The van der Waals surface area contributed by atoms with E-state index >= 15 is 0 Å². The molecule has 0 aliphatic heterocycles. The second kappa shape index (κ2) is 13.4. The summed E-state index contributed by atoms with van der Waals surface area (Å²) in [5.74, 6) is 0.870. The minimum absolute atomic E-state index is 0.870. The Morgan fingerprint density at radius 1 is 0.296 bits per heavy atom. The molecule has 0 aliphatic rings. The van der Waals surface area contributed by atoms with Crippen molar-refractivity contribution in [3.63, 3.8) is 0 Å². The minimum atomic E-state index is 0.870. The van der Waals surface area contributed by atoms with Crippen LogP contribution in [0.2, 0.25) is 0 Å². The van der Waals surface area contributed by atoms with Crippen LogP contribution in [-0.2, 0) is 0 Å². The van der Waals surface area contributed by atoms with Crippen molar-refractivity contribution in [3.05, 3.63) is 212 Å². The zero-order valence-corrected chi connectivity index (χ0v) is 29.6. The Labute approximate surface area is 314 Å². The predicted octanol–water partition coefficient (Wildman–Crippen LogP) is 14.9. The van der Waals surface area contributed by atoms with Crippen LogP contribution in [-0.4, -0.2) is 0 Å². The number of furan rings is 1. The van der Waals surface area contributed by atoms with Crippen molar-refractivity contribution >= 4 is 49.6 Å². The molecule has 2 nitrogen and oxygen atoms in total. The van der Waals surface area contributed by atoms with E-state index in [0.29, 0.717) is 0 Å². The first-order valence-corrected chi connectivity index (χ1v) is 18.4. The van der Waals surface area contributed by atoms with E-state index in [-0.39, 0.29) is 0 Å². The number of benzene rings is 9. The molecule has 0 bridgehead atoms. The quantitative estimate of drug-likeness (QED) is 0.155. The Balaban J connectivity index is 1.03. The third-order valence-electron chi connectivity index (χ3n) is 10.5. The molecule has 10 aromatic rings. The van der Waals surface area contributed by atoms with Crippen molar-refractivity contribution < 1.29 is 4.42 Å². The molecule has 10 rings (SSSR count). The lowest BCUT2D eigenvalue weighted by molar-refractivity contribution is 0.632. The fourth-order valence-corrected chi connectivity index (χ4v) is 7.75. The van der Waals surface area contributed by atoms with Gasteiger partial charge in [-0.2, -0.15) is 0 Å². The van der Waals surface area contributed by atoms with Gasteiger partial charge in [0, 0.05) is 28.0 Å². The predicted molar refractivity (Wildman–Crippen MR) is 228 cm³/mol. The van der Waals surface area contributed by atoms with E-state index in [4.69, 9.17) is 4.42 Å². The molecule has 0 unspecified atom stereocenters. The van der Waals surface area contributed by atoms with Gasteiger partial charge in [-0.15, -0.1) is 0 Å². The minimum Gasteiger partial charge on any atom is -0.456 e. The van der Waals surface area contributed by atoms with Crippen molar-refractivity contribution in [1.82, 2.24) is 0 Å². The molecular weight excluding hydrogens is 655 g/mol. The van der Waals surface area contributed by atoms with Gasteiger partial charge in [0.1, 0.15) is 11.3 Å². The summed E-state index contributed by atoms with van der Waals surface area (Å²) in [6, 6.07) is 75.9. The Morgan fingerprint density at radius 2 is 0.870 bits per heavy atom. The molecule has 0 atom stereocenters. The molecule has 1 aromatic heterocycles. The summed E-state index contributed by atoms with van der Waals surface area (Å²) in [5, 5.41) is 6.18. The fourth-order valence-electron chi connectivity index (χ4n) is 7.75. The lowest BCUT2D eigenvalue weighted by Crippen LogP contribution is -2.10. The van der Waals surface area contributed by atoms with Crippen molar-refractivity contribution in [3.8, 4) is 44.7 Å². The SMILES string of the molecule is c1ccc(-c2cccc(N(c3ccc(-c4ccc5c(ccc6ccccc65)c4)cc3)c3ccc(-c4ccccc4-c4cc5ccccc5o4)cc3)c2)cc1. The zero-order valence-electron chi connectivity index (χ0n) is 29.6. The normalized spacial score (nSPS) is 11.3. The van der Waals surface area contributed by atoms with E-state index in [0.717, 1.165) is 50.5 Å². The number of anilines is 3. The average molecular weight is 690 g/mol. The van der Waals surface area contributed by atoms with Crippen LogP contribution < -0.4 is 4.90 Å². The Hall–Kier alpha value is -7.16. The van der Waals surface area contributed by atoms with Gasteiger partial charge in [0.25, 0.3) is 0 Å². The van der Waals surface area contributed by atoms with Gasteiger partial charge in [0.15, 0.2) is 0 Å². The fraction of sp³-hybridized carbons (Fsp3) is 0. The first-order chi connectivity index (χ1) is 26.7. The molecule has 2 heteroatoms. The topological polar surface area (TPSA) is 16.4 Å². The largest absolute Gasteiger partial charge is 0.456 e. The average Bonchev–Trinajstić information content (AvgIpc) is 3.69. The van der Waals surface area contributed by atoms with E-state index in [1.165, 1.54) is 43.8 Å². The molecule has 54 heavy (non-hydrogen) atoms. The van der Waals surface area contributed by atoms with Crippen LogP contribution in [0.1, 0.15) is 0 Å². The summed E-state index contributed by atoms with van der Waals surface area (Å²) >= 11 is 0. The molecule has 0 saturated heterocycles. The summed E-state index contributed by atoms with van der Waals surface area (Å²) in [6.07, 6.45) is 0. The number of fused-ring (bicyclic) bond motifs is 4. The summed E-state index contributed by atoms with van der Waals surface area (Å²) in [7, 11) is 0. The van der Waals surface area contributed by atoms with Gasteiger partial charge in [0.2, 0.25) is 0 Å². The van der Waals surface area contributed by atoms with E-state index in [1.54, 1.807) is 0 Å². The molecule has 0 N–H and O–H groups in total. The smallest absolute Gasteiger partial charge is 0.136 e. The monoisotopic (exact) mass is 689 g/mol. The van der Waals surface area contributed by atoms with Crippen molar-refractivity contribution in [2.45, 2.75) is 0 Å². The van der Waals surface area contributed by atoms with Crippen molar-refractivity contribution in [1.29, 1.82) is 0 Å². The van der Waals surface area contributed by atoms with Gasteiger partial charge in [-0.3, -0.25) is 0 Å². The summed E-state index contributed by atoms with van der Waals surface area (Å²) < 4.78 is 6.31. The van der Waals surface area contributed by atoms with E-state index in [9.17, 15) is 0 Å². The Kier molecular flexibility index (Phi) is 7.85. The molecule has 0 radical (unpaired) electrons. The highest BCUT2D eigenvalue weighted by atomic mass is 16.3. The maximum absolute atomic E-state index is 6.31. The maximum Gasteiger partial charge on any atom is 0.136 e. The van der Waals surface area contributed by atoms with Crippen LogP contribution in [0.3, 0.4) is 0 Å². The van der Waals surface area contributed by atoms with Gasteiger partial charge in [-0.1, -0.05) is 158 Å². The highest BCUT2D eigenvalue weighted by Gasteiger charge is 2.16. The molecular formula is C52H35NO. The third-order valence-corrected chi connectivity index (χ3v) is 10.5.